The fourth-order valence-corrected chi connectivity index (χ4v) is 3.41. The molecule has 0 radical (unpaired) electrons. The smallest absolute Gasteiger partial charge is 0.345 e. The van der Waals surface area contributed by atoms with E-state index in [1.54, 1.807) is 12.1 Å². The highest BCUT2D eigenvalue weighted by Crippen LogP contribution is 2.21. The van der Waals surface area contributed by atoms with Crippen LogP contribution in [0.3, 0.4) is 0 Å². The number of carbonyl (C=O) groups is 1. The van der Waals surface area contributed by atoms with E-state index in [9.17, 15) is 13.2 Å². The molecule has 2 N–H and O–H groups in total. The van der Waals surface area contributed by atoms with Gasteiger partial charge in [0.25, 0.3) is 0 Å². The molecule has 6 nitrogen and oxygen atoms in total. The van der Waals surface area contributed by atoms with Crippen molar-refractivity contribution in [3.8, 4) is 0 Å². The molecular weight excluding hydrogens is 278 g/mol. The molecule has 8 heteroatoms. The summed E-state index contributed by atoms with van der Waals surface area (Å²) in [5.74, 6) is -0.666. The number of sulfonamides is 1. The Balaban J connectivity index is 2.12. The van der Waals surface area contributed by atoms with Gasteiger partial charge < -0.3 is 9.52 Å². The molecule has 0 saturated carbocycles. The lowest BCUT2D eigenvalue weighted by Gasteiger charge is -2.01. The maximum Gasteiger partial charge on any atom is 0.345 e. The summed E-state index contributed by atoms with van der Waals surface area (Å²) >= 11 is 0.705. The molecule has 0 aliphatic heterocycles. The molecule has 0 aliphatic carbocycles. The zero-order valence-corrected chi connectivity index (χ0v) is 10.6. The molecule has 2 aromatic heterocycles. The van der Waals surface area contributed by atoms with Crippen LogP contribution < -0.4 is 4.72 Å². The van der Waals surface area contributed by atoms with E-state index >= 15 is 0 Å². The summed E-state index contributed by atoms with van der Waals surface area (Å²) in [7, 11) is -3.70. The maximum absolute atomic E-state index is 11.8. The molecule has 0 spiro atoms. The zero-order valence-electron chi connectivity index (χ0n) is 8.99. The van der Waals surface area contributed by atoms with E-state index in [4.69, 9.17) is 9.52 Å². The molecule has 2 aromatic rings. The maximum atomic E-state index is 11.8. The molecular formula is C10H9NO5S2. The summed E-state index contributed by atoms with van der Waals surface area (Å²) in [5.41, 5.74) is 0. The molecule has 2 heterocycles. The Bertz CT molecular complexity index is 642. The molecule has 0 fully saturated rings. The number of hydrogen-bond donors (Lipinski definition) is 2. The molecule has 18 heavy (non-hydrogen) atoms. The van der Waals surface area contributed by atoms with Gasteiger partial charge in [-0.2, -0.15) is 0 Å². The minimum atomic E-state index is -3.70. The first-order chi connectivity index (χ1) is 8.49. The highest BCUT2D eigenvalue weighted by Gasteiger charge is 2.18. The van der Waals surface area contributed by atoms with Crippen molar-refractivity contribution in [1.82, 2.24) is 4.72 Å². The zero-order chi connectivity index (χ0) is 13.2. The highest BCUT2D eigenvalue weighted by atomic mass is 32.2. The fraction of sp³-hybridized carbons (Fsp3) is 0.100. The summed E-state index contributed by atoms with van der Waals surface area (Å²) in [5, 5.41) is 8.72. The minimum absolute atomic E-state index is 0.0200. The van der Waals surface area contributed by atoms with Crippen molar-refractivity contribution in [2.24, 2.45) is 0 Å². The first-order valence-corrected chi connectivity index (χ1v) is 7.14. The van der Waals surface area contributed by atoms with Gasteiger partial charge in [0.1, 0.15) is 14.8 Å². The van der Waals surface area contributed by atoms with Crippen LogP contribution in [-0.4, -0.2) is 19.5 Å². The van der Waals surface area contributed by atoms with Crippen LogP contribution in [0.15, 0.2) is 39.2 Å². The second-order valence-corrected chi connectivity index (χ2v) is 6.41. The number of nitrogens with one attached hydrogen (secondary N) is 1. The lowest BCUT2D eigenvalue weighted by Crippen LogP contribution is -2.22. The molecule has 0 aromatic carbocycles. The van der Waals surface area contributed by atoms with Gasteiger partial charge in [-0.1, -0.05) is 0 Å². The Morgan fingerprint density at radius 2 is 2.17 bits per heavy atom. The van der Waals surface area contributed by atoms with E-state index in [1.807, 2.05) is 0 Å². The van der Waals surface area contributed by atoms with Crippen molar-refractivity contribution in [3.05, 3.63) is 41.2 Å². The molecule has 2 rings (SSSR count). The van der Waals surface area contributed by atoms with E-state index in [1.165, 1.54) is 18.4 Å². The third kappa shape index (κ3) is 2.78. The molecule has 0 unspecified atom stereocenters. The standard InChI is InChI=1S/C10H9NO5S2/c12-10(13)8-3-4-9(17-8)18(14,15)11-6-7-2-1-5-16-7/h1-5,11H,6H2,(H,12,13). The molecule has 0 bridgehead atoms. The van der Waals surface area contributed by atoms with Crippen LogP contribution in [0.5, 0.6) is 0 Å². The van der Waals surface area contributed by atoms with Crippen LogP contribution in [0.4, 0.5) is 0 Å². The summed E-state index contributed by atoms with van der Waals surface area (Å²) in [6.45, 7) is 0.0235. The van der Waals surface area contributed by atoms with Crippen LogP contribution >= 0.6 is 11.3 Å². The van der Waals surface area contributed by atoms with Crippen LogP contribution in [0, 0.1) is 0 Å². The van der Waals surface area contributed by atoms with E-state index in [0.29, 0.717) is 17.1 Å². The van der Waals surface area contributed by atoms with E-state index in [-0.39, 0.29) is 15.6 Å². The topological polar surface area (TPSA) is 96.6 Å². The van der Waals surface area contributed by atoms with Crippen LogP contribution in [0.1, 0.15) is 15.4 Å². The normalized spacial score (nSPS) is 11.6. The number of carboxylic acids is 1. The van der Waals surface area contributed by atoms with Gasteiger partial charge in [0, 0.05) is 0 Å². The van der Waals surface area contributed by atoms with Crippen LogP contribution in [-0.2, 0) is 16.6 Å². The van der Waals surface area contributed by atoms with Crippen molar-refractivity contribution >= 4 is 27.3 Å². The molecule has 0 amide bonds. The number of hydrogen-bond acceptors (Lipinski definition) is 5. The van der Waals surface area contributed by atoms with Crippen LogP contribution in [0.2, 0.25) is 0 Å². The second kappa shape index (κ2) is 4.92. The van der Waals surface area contributed by atoms with Gasteiger partial charge in [0.2, 0.25) is 10.0 Å². The lowest BCUT2D eigenvalue weighted by atomic mass is 10.5. The SMILES string of the molecule is O=C(O)c1ccc(S(=O)(=O)NCc2ccco2)s1. The van der Waals surface area contributed by atoms with Gasteiger partial charge in [-0.15, -0.1) is 11.3 Å². The number of furan rings is 1. The predicted octanol–water partition coefficient (Wildman–Crippen LogP) is 1.52. The van der Waals surface area contributed by atoms with Gasteiger partial charge >= 0.3 is 5.97 Å². The Morgan fingerprint density at radius 3 is 2.72 bits per heavy atom. The van der Waals surface area contributed by atoms with Crippen molar-refractivity contribution < 1.29 is 22.7 Å². The van der Waals surface area contributed by atoms with E-state index < -0.39 is 16.0 Å². The Hall–Kier alpha value is -1.64. The Morgan fingerprint density at radius 1 is 1.39 bits per heavy atom. The summed E-state index contributed by atoms with van der Waals surface area (Å²) in [6, 6.07) is 5.81. The van der Waals surface area contributed by atoms with Gasteiger partial charge in [-0.25, -0.2) is 17.9 Å². The molecule has 96 valence electrons. The number of rotatable bonds is 5. The second-order valence-electron chi connectivity index (χ2n) is 3.33. The molecule has 0 saturated heterocycles. The Kier molecular flexibility index (Phi) is 3.50. The van der Waals surface area contributed by atoms with Gasteiger partial charge in [-0.05, 0) is 24.3 Å². The quantitative estimate of drug-likeness (QED) is 0.869. The van der Waals surface area contributed by atoms with Crippen molar-refractivity contribution in [2.45, 2.75) is 10.8 Å². The number of aromatic carboxylic acids is 1. The van der Waals surface area contributed by atoms with Crippen LogP contribution in [0.25, 0.3) is 0 Å². The van der Waals surface area contributed by atoms with Gasteiger partial charge in [-0.3, -0.25) is 0 Å². The largest absolute Gasteiger partial charge is 0.477 e. The Labute approximate surface area is 107 Å². The van der Waals surface area contributed by atoms with Gasteiger partial charge in [0.05, 0.1) is 12.8 Å². The lowest BCUT2D eigenvalue weighted by molar-refractivity contribution is 0.0702. The fourth-order valence-electron chi connectivity index (χ4n) is 1.23. The summed E-state index contributed by atoms with van der Waals surface area (Å²) < 4.78 is 30.9. The van der Waals surface area contributed by atoms with E-state index in [0.717, 1.165) is 0 Å². The minimum Gasteiger partial charge on any atom is -0.477 e. The summed E-state index contributed by atoms with van der Waals surface area (Å²) in [4.78, 5) is 10.6. The number of thiophene rings is 1. The molecule has 0 aliphatic rings. The van der Waals surface area contributed by atoms with Gasteiger partial charge in [0.15, 0.2) is 0 Å². The molecule has 0 atom stereocenters. The third-order valence-corrected chi connectivity index (χ3v) is 5.04. The highest BCUT2D eigenvalue weighted by molar-refractivity contribution is 7.91. The third-order valence-electron chi connectivity index (χ3n) is 2.07. The van der Waals surface area contributed by atoms with Crippen molar-refractivity contribution in [1.29, 1.82) is 0 Å². The average Bonchev–Trinajstić information content (AvgIpc) is 2.98. The number of carboxylic acid groups (broad SMARTS) is 1. The first-order valence-electron chi connectivity index (χ1n) is 4.84. The van der Waals surface area contributed by atoms with E-state index in [2.05, 4.69) is 4.72 Å². The van der Waals surface area contributed by atoms with Crippen molar-refractivity contribution in [2.75, 3.05) is 0 Å². The summed E-state index contributed by atoms with van der Waals surface area (Å²) in [6.07, 6.45) is 1.44. The average molecular weight is 287 g/mol. The predicted molar refractivity (Wildman–Crippen MR) is 64.0 cm³/mol. The monoisotopic (exact) mass is 287 g/mol. The van der Waals surface area contributed by atoms with Crippen molar-refractivity contribution in [3.63, 3.8) is 0 Å². The first kappa shape index (κ1) is 12.8.